The molecule has 2 N–H and O–H groups in total. The summed E-state index contributed by atoms with van der Waals surface area (Å²) in [6.45, 7) is 5.89. The first-order valence-corrected chi connectivity index (χ1v) is 11.6. The van der Waals surface area contributed by atoms with Gasteiger partial charge in [-0.3, -0.25) is 9.59 Å². The number of nitrogens with zero attached hydrogens (tertiary/aromatic N) is 2. The van der Waals surface area contributed by atoms with Gasteiger partial charge in [-0.25, -0.2) is 4.39 Å². The van der Waals surface area contributed by atoms with Crippen molar-refractivity contribution in [3.63, 3.8) is 0 Å². The molecule has 0 aliphatic rings. The maximum atomic E-state index is 13.5. The normalized spacial score (nSPS) is 11.6. The molecule has 0 saturated heterocycles. The summed E-state index contributed by atoms with van der Waals surface area (Å²) in [6.07, 6.45) is 2.23. The van der Waals surface area contributed by atoms with Gasteiger partial charge in [0.05, 0.1) is 11.9 Å². The molecule has 4 aromatic rings. The zero-order valence-electron chi connectivity index (χ0n) is 20.3. The van der Waals surface area contributed by atoms with E-state index in [-0.39, 0.29) is 23.4 Å². The zero-order valence-corrected chi connectivity index (χ0v) is 20.3. The van der Waals surface area contributed by atoms with Crippen LogP contribution in [0.4, 0.5) is 15.8 Å². The van der Waals surface area contributed by atoms with Crippen LogP contribution in [-0.2, 0) is 0 Å². The molecule has 1 aromatic heterocycles. The largest absolute Gasteiger partial charge is 0.453 e. The standard InChI is InChI=1S/C28H27FN4O3/c1-4-19(3)31-27(34)20-6-5-7-22(16-20)32-26-25(36-24-14-8-18(2)9-15-24)17-30-33(28(26)35)23-12-10-21(29)11-13-23/h5-17,19,32H,4H2,1-3H3,(H,31,34). The van der Waals surface area contributed by atoms with E-state index in [9.17, 15) is 14.0 Å². The van der Waals surface area contributed by atoms with Gasteiger partial charge in [0.25, 0.3) is 11.5 Å². The second kappa shape index (κ2) is 10.9. The SMILES string of the molecule is CCC(C)NC(=O)c1cccc(Nc2c(Oc3ccc(C)cc3)cnn(-c3ccc(F)cc3)c2=O)c1. The Morgan fingerprint density at radius 2 is 1.81 bits per heavy atom. The van der Waals surface area contributed by atoms with Gasteiger partial charge in [-0.1, -0.05) is 30.7 Å². The van der Waals surface area contributed by atoms with E-state index in [1.807, 2.05) is 32.9 Å². The van der Waals surface area contributed by atoms with Crippen LogP contribution in [0.25, 0.3) is 5.69 Å². The number of anilines is 2. The number of rotatable bonds is 8. The van der Waals surface area contributed by atoms with Crippen molar-refractivity contribution >= 4 is 17.3 Å². The minimum Gasteiger partial charge on any atom is -0.453 e. The Morgan fingerprint density at radius 3 is 2.50 bits per heavy atom. The summed E-state index contributed by atoms with van der Waals surface area (Å²) in [5.41, 5.74) is 2.06. The summed E-state index contributed by atoms with van der Waals surface area (Å²) in [6, 6.07) is 19.7. The van der Waals surface area contributed by atoms with Gasteiger partial charge < -0.3 is 15.4 Å². The third-order valence-electron chi connectivity index (χ3n) is 5.65. The second-order valence-corrected chi connectivity index (χ2v) is 8.48. The molecule has 0 aliphatic heterocycles. The molecule has 0 radical (unpaired) electrons. The van der Waals surface area contributed by atoms with Crippen LogP contribution in [0.5, 0.6) is 11.5 Å². The number of carbonyl (C=O) groups excluding carboxylic acids is 1. The molecule has 7 nitrogen and oxygen atoms in total. The zero-order chi connectivity index (χ0) is 25.7. The molecule has 1 unspecified atom stereocenters. The summed E-state index contributed by atoms with van der Waals surface area (Å²) < 4.78 is 20.6. The van der Waals surface area contributed by atoms with E-state index < -0.39 is 11.4 Å². The molecule has 0 saturated carbocycles. The quantitative estimate of drug-likeness (QED) is 0.332. The van der Waals surface area contributed by atoms with Crippen LogP contribution in [0.3, 0.4) is 0 Å². The molecule has 0 bridgehead atoms. The van der Waals surface area contributed by atoms with Crippen LogP contribution in [0.15, 0.2) is 83.8 Å². The molecule has 3 aromatic carbocycles. The van der Waals surface area contributed by atoms with Gasteiger partial charge in [-0.05, 0) is 74.9 Å². The van der Waals surface area contributed by atoms with Crippen molar-refractivity contribution in [2.45, 2.75) is 33.2 Å². The third kappa shape index (κ3) is 5.78. The summed E-state index contributed by atoms with van der Waals surface area (Å²) in [5, 5.41) is 10.3. The highest BCUT2D eigenvalue weighted by Gasteiger charge is 2.17. The molecule has 0 spiro atoms. The van der Waals surface area contributed by atoms with E-state index in [1.165, 1.54) is 30.5 Å². The fourth-order valence-electron chi connectivity index (χ4n) is 3.42. The first kappa shape index (κ1) is 24.7. The Hall–Kier alpha value is -4.46. The average molecular weight is 487 g/mol. The predicted octanol–water partition coefficient (Wildman–Crippen LogP) is 5.74. The number of benzene rings is 3. The Kier molecular flexibility index (Phi) is 7.44. The van der Waals surface area contributed by atoms with E-state index >= 15 is 0 Å². The lowest BCUT2D eigenvalue weighted by Crippen LogP contribution is -2.31. The Balaban J connectivity index is 1.73. The average Bonchev–Trinajstić information content (AvgIpc) is 2.88. The first-order chi connectivity index (χ1) is 17.3. The number of carbonyl (C=O) groups is 1. The monoisotopic (exact) mass is 486 g/mol. The fourth-order valence-corrected chi connectivity index (χ4v) is 3.42. The van der Waals surface area contributed by atoms with E-state index in [0.717, 1.165) is 16.7 Å². The lowest BCUT2D eigenvalue weighted by atomic mass is 10.1. The Bertz CT molecular complexity index is 1420. The number of hydrogen-bond acceptors (Lipinski definition) is 5. The molecule has 4 rings (SSSR count). The van der Waals surface area contributed by atoms with Gasteiger partial charge >= 0.3 is 0 Å². The van der Waals surface area contributed by atoms with Crippen molar-refractivity contribution in [2.24, 2.45) is 0 Å². The van der Waals surface area contributed by atoms with Crippen LogP contribution in [0.1, 0.15) is 36.2 Å². The predicted molar refractivity (Wildman–Crippen MR) is 138 cm³/mol. The fraction of sp³-hybridized carbons (Fsp3) is 0.179. The second-order valence-electron chi connectivity index (χ2n) is 8.48. The van der Waals surface area contributed by atoms with Gasteiger partial charge in [0.2, 0.25) is 0 Å². The maximum absolute atomic E-state index is 13.5. The lowest BCUT2D eigenvalue weighted by molar-refractivity contribution is 0.0939. The first-order valence-electron chi connectivity index (χ1n) is 11.6. The molecular formula is C28H27FN4O3. The minimum atomic E-state index is -0.499. The van der Waals surface area contributed by atoms with E-state index in [0.29, 0.717) is 22.7 Å². The van der Waals surface area contributed by atoms with Crippen molar-refractivity contribution in [1.82, 2.24) is 15.1 Å². The van der Waals surface area contributed by atoms with Crippen molar-refractivity contribution in [1.29, 1.82) is 0 Å². The van der Waals surface area contributed by atoms with E-state index in [1.54, 1.807) is 36.4 Å². The number of aryl methyl sites for hydroxylation is 1. The van der Waals surface area contributed by atoms with E-state index in [4.69, 9.17) is 4.74 Å². The van der Waals surface area contributed by atoms with Crippen LogP contribution in [0.2, 0.25) is 0 Å². The molecule has 0 aliphatic carbocycles. The van der Waals surface area contributed by atoms with Crippen molar-refractivity contribution in [3.05, 3.63) is 106 Å². The van der Waals surface area contributed by atoms with E-state index in [2.05, 4.69) is 15.7 Å². The van der Waals surface area contributed by atoms with Gasteiger partial charge in [0.1, 0.15) is 11.6 Å². The summed E-state index contributed by atoms with van der Waals surface area (Å²) in [7, 11) is 0. The third-order valence-corrected chi connectivity index (χ3v) is 5.65. The number of amides is 1. The molecule has 36 heavy (non-hydrogen) atoms. The van der Waals surface area contributed by atoms with Gasteiger partial charge in [-0.2, -0.15) is 9.78 Å². The van der Waals surface area contributed by atoms with Gasteiger partial charge in [0, 0.05) is 17.3 Å². The number of ether oxygens (including phenoxy) is 1. The van der Waals surface area contributed by atoms with Gasteiger partial charge in [-0.15, -0.1) is 0 Å². The summed E-state index contributed by atoms with van der Waals surface area (Å²) in [5.74, 6) is 0.113. The Labute approximate surface area is 208 Å². The lowest BCUT2D eigenvalue weighted by Gasteiger charge is -2.16. The number of halogens is 1. The molecular weight excluding hydrogens is 459 g/mol. The van der Waals surface area contributed by atoms with Crippen molar-refractivity contribution < 1.29 is 13.9 Å². The molecule has 184 valence electrons. The topological polar surface area (TPSA) is 85.2 Å². The van der Waals surface area contributed by atoms with Crippen molar-refractivity contribution in [3.8, 4) is 17.2 Å². The highest BCUT2D eigenvalue weighted by molar-refractivity contribution is 5.95. The van der Waals surface area contributed by atoms with Gasteiger partial charge in [0.15, 0.2) is 11.4 Å². The summed E-state index contributed by atoms with van der Waals surface area (Å²) >= 11 is 0. The minimum absolute atomic E-state index is 0.0340. The summed E-state index contributed by atoms with van der Waals surface area (Å²) in [4.78, 5) is 26.1. The van der Waals surface area contributed by atoms with Crippen LogP contribution in [-0.4, -0.2) is 21.7 Å². The van der Waals surface area contributed by atoms with Crippen molar-refractivity contribution in [2.75, 3.05) is 5.32 Å². The van der Waals surface area contributed by atoms with Crippen LogP contribution in [0, 0.1) is 12.7 Å². The molecule has 8 heteroatoms. The Morgan fingerprint density at radius 1 is 1.08 bits per heavy atom. The molecule has 1 amide bonds. The molecule has 1 atom stereocenters. The molecule has 1 heterocycles. The number of hydrogen-bond donors (Lipinski definition) is 2. The number of aromatic nitrogens is 2. The van der Waals surface area contributed by atoms with Crippen LogP contribution < -0.4 is 20.9 Å². The molecule has 0 fully saturated rings. The maximum Gasteiger partial charge on any atom is 0.299 e. The highest BCUT2D eigenvalue weighted by atomic mass is 19.1. The smallest absolute Gasteiger partial charge is 0.299 e. The highest BCUT2D eigenvalue weighted by Crippen LogP contribution is 2.29. The van der Waals surface area contributed by atoms with Crippen LogP contribution >= 0.6 is 0 Å². The number of nitrogens with one attached hydrogen (secondary N) is 2.